The van der Waals surface area contributed by atoms with Crippen molar-refractivity contribution in [3.8, 4) is 16.9 Å². The molecular weight excluding hydrogens is 368 g/mol. The second-order valence-corrected chi connectivity index (χ2v) is 7.64. The van der Waals surface area contributed by atoms with Crippen LogP contribution in [0.15, 0.2) is 64.8 Å². The molecule has 0 N–H and O–H groups in total. The Labute approximate surface area is 166 Å². The van der Waals surface area contributed by atoms with Crippen molar-refractivity contribution in [2.75, 3.05) is 7.11 Å². The first-order valence-electron chi connectivity index (χ1n) is 9.17. The molecule has 0 bridgehead atoms. The minimum atomic E-state index is 0.0539. The number of fused-ring (bicyclic) bond motifs is 2. The molecule has 3 heterocycles. The minimum absolute atomic E-state index is 0.0539. The molecular formula is C23H18N2O2S. The quantitative estimate of drug-likeness (QED) is 0.493. The lowest BCUT2D eigenvalue weighted by molar-refractivity contribution is 0.415. The summed E-state index contributed by atoms with van der Waals surface area (Å²) in [5.41, 5.74) is 4.26. The Hall–Kier alpha value is -3.18. The van der Waals surface area contributed by atoms with Gasteiger partial charge >= 0.3 is 0 Å². The van der Waals surface area contributed by atoms with Gasteiger partial charge in [0.1, 0.15) is 16.4 Å². The van der Waals surface area contributed by atoms with Crippen LogP contribution < -0.4 is 10.3 Å². The topological polar surface area (TPSA) is 44.1 Å². The smallest absolute Gasteiger partial charge is 0.263 e. The first-order chi connectivity index (χ1) is 13.7. The van der Waals surface area contributed by atoms with Crippen molar-refractivity contribution >= 4 is 33.2 Å². The summed E-state index contributed by atoms with van der Waals surface area (Å²) in [5, 5.41) is 2.77. The summed E-state index contributed by atoms with van der Waals surface area (Å²) >= 11 is 1.53. The van der Waals surface area contributed by atoms with Gasteiger partial charge in [0, 0.05) is 17.5 Å². The number of ether oxygens (including phenoxy) is 1. The van der Waals surface area contributed by atoms with Gasteiger partial charge in [0.2, 0.25) is 0 Å². The molecule has 0 aliphatic carbocycles. The number of hydrogen-bond donors (Lipinski definition) is 0. The fourth-order valence-electron chi connectivity index (χ4n) is 3.69. The van der Waals surface area contributed by atoms with Crippen molar-refractivity contribution in [1.29, 1.82) is 0 Å². The third-order valence-electron chi connectivity index (χ3n) is 5.13. The average molecular weight is 386 g/mol. The second-order valence-electron chi connectivity index (χ2n) is 6.78. The van der Waals surface area contributed by atoms with E-state index in [-0.39, 0.29) is 5.56 Å². The van der Waals surface area contributed by atoms with Gasteiger partial charge in [-0.3, -0.25) is 9.36 Å². The molecule has 0 fully saturated rings. The molecule has 138 valence electrons. The van der Waals surface area contributed by atoms with E-state index in [1.807, 2.05) is 64.5 Å². The largest absolute Gasteiger partial charge is 0.497 e. The molecule has 0 unspecified atom stereocenters. The normalized spacial score (nSPS) is 14.5. The van der Waals surface area contributed by atoms with Gasteiger partial charge in [-0.05, 0) is 41.3 Å². The predicted molar refractivity (Wildman–Crippen MR) is 115 cm³/mol. The van der Waals surface area contributed by atoms with Crippen molar-refractivity contribution < 1.29 is 4.74 Å². The van der Waals surface area contributed by atoms with Crippen molar-refractivity contribution in [1.82, 2.24) is 9.55 Å². The van der Waals surface area contributed by atoms with Crippen LogP contribution in [0.25, 0.3) is 33.0 Å². The standard InChI is InChI=1S/C23H18N2O2S/c1-27-18-9-7-15(8-10-18)13-17-11-12-25-21(17)24-22-20(23(25)26)19(14-28-22)16-5-3-2-4-6-16/h2-10,13-14H,11-12H2,1H3. The zero-order chi connectivity index (χ0) is 19.1. The highest BCUT2D eigenvalue weighted by molar-refractivity contribution is 7.17. The summed E-state index contributed by atoms with van der Waals surface area (Å²) in [6.45, 7) is 0.670. The monoisotopic (exact) mass is 386 g/mol. The van der Waals surface area contributed by atoms with Crippen LogP contribution in [-0.4, -0.2) is 16.7 Å². The highest BCUT2D eigenvalue weighted by Gasteiger charge is 2.23. The van der Waals surface area contributed by atoms with Crippen LogP contribution in [-0.2, 0) is 6.54 Å². The summed E-state index contributed by atoms with van der Waals surface area (Å²) in [5.74, 6) is 1.62. The molecule has 4 aromatic rings. The lowest BCUT2D eigenvalue weighted by atomic mass is 10.1. The number of rotatable bonds is 3. The fourth-order valence-corrected chi connectivity index (χ4v) is 4.63. The maximum atomic E-state index is 13.2. The Bertz CT molecular complexity index is 1250. The van der Waals surface area contributed by atoms with Crippen LogP contribution >= 0.6 is 11.3 Å². The maximum absolute atomic E-state index is 13.2. The maximum Gasteiger partial charge on any atom is 0.263 e. The Morgan fingerprint density at radius 2 is 1.89 bits per heavy atom. The molecule has 0 spiro atoms. The van der Waals surface area contributed by atoms with Crippen LogP contribution in [0.3, 0.4) is 0 Å². The second kappa shape index (κ2) is 6.77. The fraction of sp³-hybridized carbons (Fsp3) is 0.130. The first-order valence-corrected chi connectivity index (χ1v) is 10.0. The van der Waals surface area contributed by atoms with E-state index in [2.05, 4.69) is 6.08 Å². The highest BCUT2D eigenvalue weighted by Crippen LogP contribution is 2.34. The molecule has 0 saturated carbocycles. The van der Waals surface area contributed by atoms with Crippen LogP contribution in [0.5, 0.6) is 5.75 Å². The van der Waals surface area contributed by atoms with E-state index in [9.17, 15) is 4.79 Å². The molecule has 0 saturated heterocycles. The summed E-state index contributed by atoms with van der Waals surface area (Å²) in [7, 11) is 1.66. The van der Waals surface area contributed by atoms with Crippen molar-refractivity contribution in [2.45, 2.75) is 13.0 Å². The summed E-state index contributed by atoms with van der Waals surface area (Å²) < 4.78 is 7.04. The van der Waals surface area contributed by atoms with E-state index in [4.69, 9.17) is 9.72 Å². The molecule has 0 amide bonds. The van der Waals surface area contributed by atoms with Gasteiger partial charge < -0.3 is 4.74 Å². The van der Waals surface area contributed by atoms with Crippen LogP contribution in [0.4, 0.5) is 0 Å². The summed E-state index contributed by atoms with van der Waals surface area (Å²) in [6.07, 6.45) is 2.93. The Morgan fingerprint density at radius 1 is 1.11 bits per heavy atom. The Morgan fingerprint density at radius 3 is 2.64 bits per heavy atom. The van der Waals surface area contributed by atoms with E-state index in [0.717, 1.165) is 50.5 Å². The molecule has 2 aromatic carbocycles. The van der Waals surface area contributed by atoms with E-state index in [0.29, 0.717) is 6.54 Å². The molecule has 0 atom stereocenters. The molecule has 0 radical (unpaired) electrons. The Kier molecular flexibility index (Phi) is 4.10. The number of aromatic nitrogens is 2. The number of thiophene rings is 1. The highest BCUT2D eigenvalue weighted by atomic mass is 32.1. The van der Waals surface area contributed by atoms with Gasteiger partial charge in [0.15, 0.2) is 0 Å². The van der Waals surface area contributed by atoms with E-state index in [1.54, 1.807) is 7.11 Å². The van der Waals surface area contributed by atoms with Gasteiger partial charge in [-0.15, -0.1) is 11.3 Å². The van der Waals surface area contributed by atoms with Crippen LogP contribution in [0, 0.1) is 0 Å². The molecule has 1 aliphatic heterocycles. The lowest BCUT2D eigenvalue weighted by Crippen LogP contribution is -2.20. The van der Waals surface area contributed by atoms with Crippen molar-refractivity contribution in [3.63, 3.8) is 0 Å². The summed E-state index contributed by atoms with van der Waals surface area (Å²) in [4.78, 5) is 18.9. The molecule has 5 rings (SSSR count). The number of methoxy groups -OCH3 is 1. The van der Waals surface area contributed by atoms with E-state index < -0.39 is 0 Å². The average Bonchev–Trinajstić information content (AvgIpc) is 3.35. The van der Waals surface area contributed by atoms with Crippen molar-refractivity contribution in [2.24, 2.45) is 0 Å². The predicted octanol–water partition coefficient (Wildman–Crippen LogP) is 5.08. The third kappa shape index (κ3) is 2.75. The number of benzene rings is 2. The van der Waals surface area contributed by atoms with E-state index >= 15 is 0 Å². The zero-order valence-electron chi connectivity index (χ0n) is 15.4. The first kappa shape index (κ1) is 17.0. The van der Waals surface area contributed by atoms with Gasteiger partial charge in [-0.1, -0.05) is 42.5 Å². The van der Waals surface area contributed by atoms with Gasteiger partial charge in [0.25, 0.3) is 5.56 Å². The number of allylic oxidation sites excluding steroid dienone is 1. The van der Waals surface area contributed by atoms with Crippen LogP contribution in [0.2, 0.25) is 0 Å². The van der Waals surface area contributed by atoms with Gasteiger partial charge in [-0.2, -0.15) is 0 Å². The number of hydrogen-bond acceptors (Lipinski definition) is 4. The van der Waals surface area contributed by atoms with Gasteiger partial charge in [-0.25, -0.2) is 4.98 Å². The lowest BCUT2D eigenvalue weighted by Gasteiger charge is -2.05. The molecule has 28 heavy (non-hydrogen) atoms. The zero-order valence-corrected chi connectivity index (χ0v) is 16.2. The van der Waals surface area contributed by atoms with Crippen molar-refractivity contribution in [3.05, 3.63) is 81.7 Å². The van der Waals surface area contributed by atoms with Gasteiger partial charge in [0.05, 0.1) is 12.5 Å². The molecule has 2 aromatic heterocycles. The number of nitrogens with zero attached hydrogens (tertiary/aromatic N) is 2. The molecule has 1 aliphatic rings. The molecule has 5 heteroatoms. The third-order valence-corrected chi connectivity index (χ3v) is 6.00. The van der Waals surface area contributed by atoms with E-state index in [1.165, 1.54) is 11.3 Å². The SMILES string of the molecule is COc1ccc(C=C2CCn3c2nc2scc(-c4ccccc4)c2c3=O)cc1. The summed E-state index contributed by atoms with van der Waals surface area (Å²) in [6, 6.07) is 18.0. The Balaban J connectivity index is 1.62. The van der Waals surface area contributed by atoms with Crippen LogP contribution in [0.1, 0.15) is 17.8 Å². The molecule has 4 nitrogen and oxygen atoms in total. The minimum Gasteiger partial charge on any atom is -0.497 e.